The van der Waals surface area contributed by atoms with E-state index in [1.54, 1.807) is 0 Å². The van der Waals surface area contributed by atoms with Crippen molar-refractivity contribution in [1.29, 1.82) is 0 Å². The average Bonchev–Trinajstić information content (AvgIpc) is 2.92. The fourth-order valence-corrected chi connectivity index (χ4v) is 2.84. The van der Waals surface area contributed by atoms with Crippen LogP contribution in [0.4, 0.5) is 29.8 Å². The molecular weight excluding hydrogens is 339 g/mol. The van der Waals surface area contributed by atoms with E-state index in [2.05, 4.69) is 10.3 Å². The fourth-order valence-electron chi connectivity index (χ4n) is 1.97. The molecule has 2 aromatic carbocycles. The molecule has 0 radical (unpaired) electrons. The molecule has 0 aliphatic heterocycles. The number of hydrogen-bond donors (Lipinski definition) is 2. The normalized spacial score (nSPS) is 10.6. The summed E-state index contributed by atoms with van der Waals surface area (Å²) in [5.74, 6) is -3.13. The molecule has 0 saturated heterocycles. The first-order valence-corrected chi connectivity index (χ1v) is 7.54. The molecule has 8 heteroatoms. The molecule has 0 aliphatic rings. The van der Waals surface area contributed by atoms with Crippen LogP contribution in [0.3, 0.4) is 0 Å². The van der Waals surface area contributed by atoms with Crippen LogP contribution in [0.2, 0.25) is 0 Å². The van der Waals surface area contributed by atoms with Gasteiger partial charge in [-0.05, 0) is 42.5 Å². The molecule has 0 fully saturated rings. The van der Waals surface area contributed by atoms with Gasteiger partial charge in [0, 0.05) is 11.3 Å². The number of carbonyl (C=O) groups excluding carboxylic acids is 1. The molecule has 3 aromatic rings. The molecule has 0 bridgehead atoms. The Morgan fingerprint density at radius 3 is 2.42 bits per heavy atom. The van der Waals surface area contributed by atoms with E-state index in [0.29, 0.717) is 10.8 Å². The zero-order valence-corrected chi connectivity index (χ0v) is 12.8. The molecule has 0 aliphatic carbocycles. The van der Waals surface area contributed by atoms with Gasteiger partial charge in [-0.3, -0.25) is 4.79 Å². The predicted octanol–water partition coefficient (Wildman–Crippen LogP) is 4.12. The first kappa shape index (κ1) is 16.0. The van der Waals surface area contributed by atoms with Crippen LogP contribution in [0.5, 0.6) is 0 Å². The Balaban J connectivity index is 1.86. The average molecular weight is 349 g/mol. The number of anilines is 3. The maximum atomic E-state index is 13.3. The summed E-state index contributed by atoms with van der Waals surface area (Å²) in [7, 11) is 0. The van der Waals surface area contributed by atoms with E-state index in [4.69, 9.17) is 5.73 Å². The summed E-state index contributed by atoms with van der Waals surface area (Å²) in [5, 5.41) is 3.22. The van der Waals surface area contributed by atoms with Crippen molar-refractivity contribution in [2.24, 2.45) is 0 Å². The van der Waals surface area contributed by atoms with Crippen molar-refractivity contribution >= 4 is 33.8 Å². The maximum Gasteiger partial charge on any atom is 0.206 e. The van der Waals surface area contributed by atoms with Gasteiger partial charge in [-0.15, -0.1) is 0 Å². The number of halogens is 3. The van der Waals surface area contributed by atoms with E-state index in [9.17, 15) is 18.0 Å². The number of ketones is 1. The molecule has 4 nitrogen and oxygen atoms in total. The summed E-state index contributed by atoms with van der Waals surface area (Å²) in [4.78, 5) is 16.5. The second-order valence-electron chi connectivity index (χ2n) is 4.82. The van der Waals surface area contributed by atoms with Gasteiger partial charge in [0.2, 0.25) is 5.78 Å². The smallest absolute Gasteiger partial charge is 0.206 e. The minimum absolute atomic E-state index is 0.0284. The lowest BCUT2D eigenvalue weighted by Crippen LogP contribution is -2.03. The second-order valence-corrected chi connectivity index (χ2v) is 5.82. The Morgan fingerprint density at radius 2 is 1.75 bits per heavy atom. The molecule has 1 aromatic heterocycles. The van der Waals surface area contributed by atoms with Crippen LogP contribution in [-0.2, 0) is 0 Å². The number of nitrogen functional groups attached to an aromatic ring is 1. The van der Waals surface area contributed by atoms with Crippen LogP contribution in [0.15, 0.2) is 42.5 Å². The number of nitrogens with one attached hydrogen (secondary N) is 1. The SMILES string of the molecule is Nc1nc(Nc2ccc(F)cc2)sc1C(=O)c1ccc(F)c(F)c1. The van der Waals surface area contributed by atoms with Gasteiger partial charge in [0.25, 0.3) is 0 Å². The van der Waals surface area contributed by atoms with Crippen molar-refractivity contribution in [3.8, 4) is 0 Å². The fraction of sp³-hybridized carbons (Fsp3) is 0. The van der Waals surface area contributed by atoms with E-state index in [0.717, 1.165) is 23.5 Å². The van der Waals surface area contributed by atoms with Gasteiger partial charge in [0.15, 0.2) is 16.8 Å². The van der Waals surface area contributed by atoms with Gasteiger partial charge in [0.1, 0.15) is 16.5 Å². The minimum Gasteiger partial charge on any atom is -0.382 e. The first-order valence-electron chi connectivity index (χ1n) is 6.72. The Bertz CT molecular complexity index is 909. The zero-order chi connectivity index (χ0) is 17.3. The third-order valence-corrected chi connectivity index (χ3v) is 4.12. The van der Waals surface area contributed by atoms with Gasteiger partial charge < -0.3 is 11.1 Å². The topological polar surface area (TPSA) is 68.0 Å². The van der Waals surface area contributed by atoms with E-state index in [1.165, 1.54) is 30.3 Å². The standard InChI is InChI=1S/C16H10F3N3OS/c17-9-2-4-10(5-3-9)21-16-22-15(20)14(24-16)13(23)8-1-6-11(18)12(19)7-8/h1-7H,20H2,(H,21,22). The third kappa shape index (κ3) is 3.23. The lowest BCUT2D eigenvalue weighted by atomic mass is 10.1. The van der Waals surface area contributed by atoms with E-state index >= 15 is 0 Å². The molecule has 3 N–H and O–H groups in total. The number of carbonyl (C=O) groups is 1. The largest absolute Gasteiger partial charge is 0.382 e. The van der Waals surface area contributed by atoms with Crippen molar-refractivity contribution in [3.05, 3.63) is 70.4 Å². The van der Waals surface area contributed by atoms with E-state index < -0.39 is 17.4 Å². The molecule has 0 amide bonds. The molecule has 3 rings (SSSR count). The lowest BCUT2D eigenvalue weighted by molar-refractivity contribution is 0.104. The Morgan fingerprint density at radius 1 is 1.04 bits per heavy atom. The molecule has 24 heavy (non-hydrogen) atoms. The van der Waals surface area contributed by atoms with Gasteiger partial charge in [-0.2, -0.15) is 0 Å². The van der Waals surface area contributed by atoms with Crippen molar-refractivity contribution in [2.75, 3.05) is 11.1 Å². The third-order valence-electron chi connectivity index (χ3n) is 3.14. The van der Waals surface area contributed by atoms with Gasteiger partial charge in [-0.25, -0.2) is 18.2 Å². The summed E-state index contributed by atoms with van der Waals surface area (Å²) in [6, 6.07) is 8.40. The number of thiazole rings is 1. The van der Waals surface area contributed by atoms with Crippen LogP contribution < -0.4 is 11.1 Å². The number of aromatic nitrogens is 1. The van der Waals surface area contributed by atoms with Gasteiger partial charge in [0.05, 0.1) is 0 Å². The Hall–Kier alpha value is -2.87. The highest BCUT2D eigenvalue weighted by Gasteiger charge is 2.19. The van der Waals surface area contributed by atoms with Gasteiger partial charge >= 0.3 is 0 Å². The number of nitrogens with two attached hydrogens (primary N) is 1. The van der Waals surface area contributed by atoms with Crippen LogP contribution in [0.25, 0.3) is 0 Å². The van der Waals surface area contributed by atoms with Crippen molar-refractivity contribution < 1.29 is 18.0 Å². The van der Waals surface area contributed by atoms with Crippen LogP contribution in [0.1, 0.15) is 15.2 Å². The second kappa shape index (κ2) is 6.32. The molecule has 122 valence electrons. The summed E-state index contributed by atoms with van der Waals surface area (Å²) in [5.41, 5.74) is 6.27. The Kier molecular flexibility index (Phi) is 4.22. The molecule has 1 heterocycles. The highest BCUT2D eigenvalue weighted by atomic mass is 32.1. The summed E-state index contributed by atoms with van der Waals surface area (Å²) in [6.45, 7) is 0. The van der Waals surface area contributed by atoms with Gasteiger partial charge in [-0.1, -0.05) is 11.3 Å². The number of rotatable bonds is 4. The highest BCUT2D eigenvalue weighted by Crippen LogP contribution is 2.30. The van der Waals surface area contributed by atoms with E-state index in [-0.39, 0.29) is 22.1 Å². The highest BCUT2D eigenvalue weighted by molar-refractivity contribution is 7.18. The molecule has 0 spiro atoms. The molecule has 0 saturated carbocycles. The number of benzene rings is 2. The maximum absolute atomic E-state index is 13.3. The van der Waals surface area contributed by atoms with Crippen LogP contribution >= 0.6 is 11.3 Å². The summed E-state index contributed by atoms with van der Waals surface area (Å²) < 4.78 is 39.1. The van der Waals surface area contributed by atoms with E-state index in [1.807, 2.05) is 0 Å². The summed E-state index contributed by atoms with van der Waals surface area (Å²) in [6.07, 6.45) is 0. The lowest BCUT2D eigenvalue weighted by Gasteiger charge is -2.01. The number of hydrogen-bond acceptors (Lipinski definition) is 5. The van der Waals surface area contributed by atoms with Crippen LogP contribution in [-0.4, -0.2) is 10.8 Å². The van der Waals surface area contributed by atoms with Crippen molar-refractivity contribution in [3.63, 3.8) is 0 Å². The quantitative estimate of drug-likeness (QED) is 0.696. The van der Waals surface area contributed by atoms with Crippen molar-refractivity contribution in [1.82, 2.24) is 4.98 Å². The molecular formula is C16H10F3N3OS. The molecule has 0 unspecified atom stereocenters. The first-order chi connectivity index (χ1) is 11.4. The Labute approximate surface area is 138 Å². The summed E-state index contributed by atoms with van der Waals surface area (Å²) >= 11 is 0.965. The molecule has 0 atom stereocenters. The zero-order valence-electron chi connectivity index (χ0n) is 12.0. The van der Waals surface area contributed by atoms with Crippen LogP contribution in [0, 0.1) is 17.5 Å². The monoisotopic (exact) mass is 349 g/mol. The van der Waals surface area contributed by atoms with Crippen molar-refractivity contribution in [2.45, 2.75) is 0 Å². The number of nitrogens with zero attached hydrogens (tertiary/aromatic N) is 1. The predicted molar refractivity (Wildman–Crippen MR) is 86.0 cm³/mol. The minimum atomic E-state index is -1.12.